The van der Waals surface area contributed by atoms with Gasteiger partial charge in [-0.15, -0.1) is 18.5 Å². The van der Waals surface area contributed by atoms with Gasteiger partial charge in [0.25, 0.3) is 0 Å². The molecule has 1 nitrogen and oxygen atoms in total. The molecule has 1 aromatic rings. The molecule has 0 spiro atoms. The van der Waals surface area contributed by atoms with E-state index in [1.54, 1.807) is 0 Å². The summed E-state index contributed by atoms with van der Waals surface area (Å²) in [6, 6.07) is 5.80. The van der Waals surface area contributed by atoms with E-state index >= 15 is 0 Å². The number of benzene rings is 1. The average Bonchev–Trinajstić information content (AvgIpc) is 2.03. The quantitative estimate of drug-likeness (QED) is 0.536. The SMILES string of the molecule is CC(C)C(=O)c1ccc(P)cc1P. The summed E-state index contributed by atoms with van der Waals surface area (Å²) >= 11 is 0. The molecule has 0 aliphatic heterocycles. The Morgan fingerprint density at radius 2 is 1.92 bits per heavy atom. The molecule has 2 atom stereocenters. The van der Waals surface area contributed by atoms with Crippen molar-refractivity contribution in [3.63, 3.8) is 0 Å². The number of ketones is 1. The third-order valence-corrected chi connectivity index (χ3v) is 2.70. The lowest BCUT2D eigenvalue weighted by molar-refractivity contribution is 0.0940. The van der Waals surface area contributed by atoms with E-state index in [0.29, 0.717) is 0 Å². The maximum atomic E-state index is 11.7. The fourth-order valence-corrected chi connectivity index (χ4v) is 2.02. The summed E-state index contributed by atoms with van der Waals surface area (Å²) in [5, 5.41) is 2.08. The number of carbonyl (C=O) groups is 1. The molecule has 0 aliphatic rings. The first-order valence-corrected chi connectivity index (χ1v) is 5.37. The Morgan fingerprint density at radius 3 is 2.38 bits per heavy atom. The van der Waals surface area contributed by atoms with Crippen LogP contribution in [0.25, 0.3) is 0 Å². The average molecular weight is 212 g/mol. The standard InChI is InChI=1S/C10H14OP2/c1-6(2)10(11)8-4-3-7(12)5-9(8)13/h3-6H,12-13H2,1-2H3. The minimum atomic E-state index is 0.0645. The highest BCUT2D eigenvalue weighted by atomic mass is 31.0. The number of carbonyl (C=O) groups excluding carboxylic acids is 1. The Bertz CT molecular complexity index is 332. The number of hydrogen-bond donors (Lipinski definition) is 0. The van der Waals surface area contributed by atoms with E-state index < -0.39 is 0 Å². The van der Waals surface area contributed by atoms with Gasteiger partial charge in [0.1, 0.15) is 0 Å². The van der Waals surface area contributed by atoms with E-state index in [1.165, 1.54) is 0 Å². The lowest BCUT2D eigenvalue weighted by Gasteiger charge is -2.07. The van der Waals surface area contributed by atoms with Crippen molar-refractivity contribution in [1.82, 2.24) is 0 Å². The van der Waals surface area contributed by atoms with Crippen molar-refractivity contribution in [3.05, 3.63) is 23.8 Å². The molecule has 1 rings (SSSR count). The molecule has 0 aromatic heterocycles. The van der Waals surface area contributed by atoms with Crippen LogP contribution in [0.4, 0.5) is 0 Å². The van der Waals surface area contributed by atoms with Crippen LogP contribution in [0, 0.1) is 5.92 Å². The van der Waals surface area contributed by atoms with Crippen LogP contribution in [0.2, 0.25) is 0 Å². The number of hydrogen-bond acceptors (Lipinski definition) is 1. The van der Waals surface area contributed by atoms with Gasteiger partial charge in [-0.05, 0) is 16.7 Å². The summed E-state index contributed by atoms with van der Waals surface area (Å²) in [5.41, 5.74) is 0.811. The second-order valence-electron chi connectivity index (χ2n) is 3.37. The van der Waals surface area contributed by atoms with Crippen molar-refractivity contribution in [3.8, 4) is 0 Å². The predicted molar refractivity (Wildman–Crippen MR) is 64.3 cm³/mol. The summed E-state index contributed by atoms with van der Waals surface area (Å²) in [6.07, 6.45) is 0. The normalized spacial score (nSPS) is 10.5. The van der Waals surface area contributed by atoms with Gasteiger partial charge in [-0.3, -0.25) is 4.79 Å². The minimum Gasteiger partial charge on any atom is -0.294 e. The van der Waals surface area contributed by atoms with Crippen LogP contribution >= 0.6 is 18.5 Å². The molecule has 2 unspecified atom stereocenters. The van der Waals surface area contributed by atoms with E-state index in [-0.39, 0.29) is 11.7 Å². The number of rotatable bonds is 2. The predicted octanol–water partition coefficient (Wildman–Crippen LogP) is 1.53. The molecule has 0 aliphatic carbocycles. The van der Waals surface area contributed by atoms with Gasteiger partial charge < -0.3 is 0 Å². The Balaban J connectivity index is 3.09. The van der Waals surface area contributed by atoms with Gasteiger partial charge >= 0.3 is 0 Å². The molecule has 70 valence electrons. The van der Waals surface area contributed by atoms with Gasteiger partial charge in [-0.25, -0.2) is 0 Å². The van der Waals surface area contributed by atoms with Crippen LogP contribution in [-0.2, 0) is 0 Å². The molecule has 0 amide bonds. The largest absolute Gasteiger partial charge is 0.294 e. The van der Waals surface area contributed by atoms with Gasteiger partial charge in [0.05, 0.1) is 0 Å². The fourth-order valence-electron chi connectivity index (χ4n) is 1.12. The summed E-state index contributed by atoms with van der Waals surface area (Å²) in [7, 11) is 5.22. The van der Waals surface area contributed by atoms with Crippen molar-refractivity contribution < 1.29 is 4.79 Å². The van der Waals surface area contributed by atoms with Crippen LogP contribution in [0.15, 0.2) is 18.2 Å². The highest BCUT2D eigenvalue weighted by molar-refractivity contribution is 7.29. The van der Waals surface area contributed by atoms with Gasteiger partial charge in [-0.2, -0.15) is 0 Å². The zero-order valence-corrected chi connectivity index (χ0v) is 10.2. The van der Waals surface area contributed by atoms with E-state index in [4.69, 9.17) is 0 Å². The molecule has 13 heavy (non-hydrogen) atoms. The molecule has 0 N–H and O–H groups in total. The van der Waals surface area contributed by atoms with Crippen LogP contribution < -0.4 is 10.6 Å². The molecule has 3 heteroatoms. The summed E-state index contributed by atoms with van der Waals surface area (Å²) < 4.78 is 0. The molecular formula is C10H14OP2. The van der Waals surface area contributed by atoms with E-state index in [0.717, 1.165) is 16.2 Å². The van der Waals surface area contributed by atoms with Crippen LogP contribution in [0.1, 0.15) is 24.2 Å². The van der Waals surface area contributed by atoms with Crippen LogP contribution in [-0.4, -0.2) is 5.78 Å². The third-order valence-electron chi connectivity index (χ3n) is 1.87. The second-order valence-corrected chi connectivity index (χ2v) is 4.65. The molecule has 0 saturated carbocycles. The molecule has 1 aromatic carbocycles. The first-order chi connectivity index (χ1) is 6.02. The van der Waals surface area contributed by atoms with E-state index in [2.05, 4.69) is 18.5 Å². The Kier molecular flexibility index (Phi) is 3.59. The highest BCUT2D eigenvalue weighted by Crippen LogP contribution is 2.08. The highest BCUT2D eigenvalue weighted by Gasteiger charge is 2.12. The third kappa shape index (κ3) is 2.59. The lowest BCUT2D eigenvalue weighted by Crippen LogP contribution is -2.17. The Morgan fingerprint density at radius 1 is 1.31 bits per heavy atom. The number of Topliss-reactive ketones (excluding diaryl/α,β-unsaturated/α-hetero) is 1. The molecule has 0 bridgehead atoms. The molecule has 0 saturated heterocycles. The second kappa shape index (κ2) is 4.31. The fraction of sp³-hybridized carbons (Fsp3) is 0.300. The first kappa shape index (κ1) is 10.8. The smallest absolute Gasteiger partial charge is 0.166 e. The Labute approximate surface area is 83.7 Å². The summed E-state index contributed by atoms with van der Waals surface area (Å²) in [6.45, 7) is 3.84. The van der Waals surface area contributed by atoms with E-state index in [9.17, 15) is 4.79 Å². The van der Waals surface area contributed by atoms with Crippen LogP contribution in [0.3, 0.4) is 0 Å². The molecule has 0 heterocycles. The van der Waals surface area contributed by atoms with Crippen molar-refractivity contribution >= 4 is 34.9 Å². The minimum absolute atomic E-state index is 0.0645. The van der Waals surface area contributed by atoms with Gasteiger partial charge in [-0.1, -0.05) is 26.0 Å². The molecule has 0 radical (unpaired) electrons. The monoisotopic (exact) mass is 212 g/mol. The summed E-state index contributed by atoms with van der Waals surface area (Å²) in [4.78, 5) is 11.7. The van der Waals surface area contributed by atoms with Crippen LogP contribution in [0.5, 0.6) is 0 Å². The van der Waals surface area contributed by atoms with E-state index in [1.807, 2.05) is 32.0 Å². The molecule has 0 fully saturated rings. The summed E-state index contributed by atoms with van der Waals surface area (Å²) in [5.74, 6) is 0.268. The Hall–Kier alpha value is -0.250. The lowest BCUT2D eigenvalue weighted by atomic mass is 10.0. The van der Waals surface area contributed by atoms with Crippen molar-refractivity contribution in [1.29, 1.82) is 0 Å². The first-order valence-electron chi connectivity index (χ1n) is 4.21. The van der Waals surface area contributed by atoms with Crippen molar-refractivity contribution in [2.75, 3.05) is 0 Å². The van der Waals surface area contributed by atoms with Gasteiger partial charge in [0.2, 0.25) is 0 Å². The van der Waals surface area contributed by atoms with Gasteiger partial charge in [0.15, 0.2) is 5.78 Å². The maximum absolute atomic E-state index is 11.7. The zero-order valence-electron chi connectivity index (χ0n) is 7.87. The topological polar surface area (TPSA) is 17.1 Å². The zero-order chi connectivity index (χ0) is 10.0. The van der Waals surface area contributed by atoms with Crippen molar-refractivity contribution in [2.45, 2.75) is 13.8 Å². The van der Waals surface area contributed by atoms with Crippen molar-refractivity contribution in [2.24, 2.45) is 5.92 Å². The maximum Gasteiger partial charge on any atom is 0.166 e. The van der Waals surface area contributed by atoms with Gasteiger partial charge in [0, 0.05) is 11.5 Å². The molecular weight excluding hydrogens is 198 g/mol.